The van der Waals surface area contributed by atoms with Gasteiger partial charge in [0.2, 0.25) is 0 Å². The Hall–Kier alpha value is -6.95. The highest BCUT2D eigenvalue weighted by molar-refractivity contribution is 7.26. The molecule has 1 aliphatic heterocycles. The highest BCUT2D eigenvalue weighted by atomic mass is 32.1. The lowest BCUT2D eigenvalue weighted by molar-refractivity contribution is 0.411. The number of hydrogen-bond acceptors (Lipinski definition) is 5. The molecule has 2 aliphatic rings. The molecule has 0 spiro atoms. The second-order valence-corrected chi connectivity index (χ2v) is 15.5. The highest BCUT2D eigenvalue weighted by Crippen LogP contribution is 2.46. The van der Waals surface area contributed by atoms with Gasteiger partial charge in [-0.05, 0) is 65.8 Å². The van der Waals surface area contributed by atoms with E-state index in [1.807, 2.05) is 29.6 Å². The first-order valence-corrected chi connectivity index (χ1v) is 19.8. The van der Waals surface area contributed by atoms with E-state index in [-0.39, 0.29) is 12.3 Å². The van der Waals surface area contributed by atoms with Gasteiger partial charge in [0.05, 0.1) is 11.0 Å². The number of aliphatic imine (C=N–C) groups is 1. The Bertz CT molecular complexity index is 3320. The molecular formula is C50H32N4OS. The first-order chi connectivity index (χ1) is 27.8. The van der Waals surface area contributed by atoms with Crippen molar-refractivity contribution in [3.05, 3.63) is 192 Å². The van der Waals surface area contributed by atoms with Gasteiger partial charge in [0, 0.05) is 64.1 Å². The summed E-state index contributed by atoms with van der Waals surface area (Å²) >= 11 is 1.84. The standard InChI is InChI=1S/C50H32N4OS/c1-2-13-30(14-3-1)48-51-49(31-15-4-5-16-31)53-50(52-48)39-23-11-22-38-45-35(19-12-26-44(45)56-47(38)39)36-20-10-21-37-40-29-32(27-28-43(40)55-46(36)37)54-41-24-8-6-17-33(41)34-18-7-9-25-42(34)54/h1-4,6-29,48,50,52H,(H,51,53). The van der Waals surface area contributed by atoms with Crippen LogP contribution in [0.1, 0.15) is 23.5 Å². The summed E-state index contributed by atoms with van der Waals surface area (Å²) in [4.78, 5) is 5.11. The van der Waals surface area contributed by atoms with Crippen LogP contribution < -0.4 is 10.6 Å². The first kappa shape index (κ1) is 31.4. The number of furan rings is 1. The Morgan fingerprint density at radius 1 is 0.661 bits per heavy atom. The lowest BCUT2D eigenvalue weighted by Crippen LogP contribution is -2.45. The number of nitrogens with one attached hydrogen (secondary N) is 2. The van der Waals surface area contributed by atoms with Crippen molar-refractivity contribution in [1.82, 2.24) is 15.2 Å². The zero-order valence-corrected chi connectivity index (χ0v) is 30.8. The molecule has 10 aromatic rings. The van der Waals surface area contributed by atoms with Gasteiger partial charge in [-0.15, -0.1) is 17.1 Å². The number of para-hydroxylation sites is 3. The van der Waals surface area contributed by atoms with E-state index in [1.54, 1.807) is 0 Å². The molecule has 0 bridgehead atoms. The molecule has 0 radical (unpaired) electrons. The predicted octanol–water partition coefficient (Wildman–Crippen LogP) is 12.7. The van der Waals surface area contributed by atoms with Crippen LogP contribution in [0.4, 0.5) is 0 Å². The largest absolute Gasteiger partial charge is 0.455 e. The highest BCUT2D eigenvalue weighted by Gasteiger charge is 2.28. The minimum Gasteiger partial charge on any atom is -0.455 e. The Morgan fingerprint density at radius 3 is 2.21 bits per heavy atom. The molecule has 2 atom stereocenters. The fourth-order valence-electron chi connectivity index (χ4n) is 8.80. The minimum absolute atomic E-state index is 0.162. The third kappa shape index (κ3) is 4.74. The molecule has 3 aromatic heterocycles. The molecular weight excluding hydrogens is 705 g/mol. The van der Waals surface area contributed by atoms with Gasteiger partial charge in [-0.2, -0.15) is 0 Å². The summed E-state index contributed by atoms with van der Waals surface area (Å²) < 4.78 is 11.7. The Balaban J connectivity index is 0.999. The van der Waals surface area contributed by atoms with Gasteiger partial charge < -0.3 is 14.3 Å². The third-order valence-electron chi connectivity index (χ3n) is 11.3. The average molecular weight is 737 g/mol. The van der Waals surface area contributed by atoms with Crippen molar-refractivity contribution in [1.29, 1.82) is 0 Å². The first-order valence-electron chi connectivity index (χ1n) is 18.9. The molecule has 12 rings (SSSR count). The van der Waals surface area contributed by atoms with Crippen LogP contribution >= 0.6 is 11.3 Å². The van der Waals surface area contributed by atoms with E-state index in [2.05, 4.69) is 173 Å². The smallest absolute Gasteiger partial charge is 0.143 e. The van der Waals surface area contributed by atoms with Crippen molar-refractivity contribution in [2.45, 2.75) is 12.3 Å². The third-order valence-corrected chi connectivity index (χ3v) is 12.5. The molecule has 0 fully saturated rings. The van der Waals surface area contributed by atoms with E-state index < -0.39 is 0 Å². The van der Waals surface area contributed by atoms with E-state index in [0.29, 0.717) is 0 Å². The molecule has 56 heavy (non-hydrogen) atoms. The van der Waals surface area contributed by atoms with Crippen LogP contribution in [0.15, 0.2) is 191 Å². The van der Waals surface area contributed by atoms with E-state index in [9.17, 15) is 0 Å². The van der Waals surface area contributed by atoms with Gasteiger partial charge in [0.25, 0.3) is 0 Å². The number of aromatic nitrogens is 1. The van der Waals surface area contributed by atoms with Crippen LogP contribution in [0.3, 0.4) is 0 Å². The summed E-state index contributed by atoms with van der Waals surface area (Å²) in [6, 6.07) is 54.3. The molecule has 2 N–H and O–H groups in total. The van der Waals surface area contributed by atoms with Crippen molar-refractivity contribution >= 4 is 81.1 Å². The summed E-state index contributed by atoms with van der Waals surface area (Å²) in [5, 5.41) is 14.7. The monoisotopic (exact) mass is 736 g/mol. The van der Waals surface area contributed by atoms with Crippen molar-refractivity contribution in [3.63, 3.8) is 0 Å². The molecule has 0 saturated heterocycles. The van der Waals surface area contributed by atoms with Crippen LogP contribution in [0, 0.1) is 0 Å². The van der Waals surface area contributed by atoms with Crippen LogP contribution in [0.2, 0.25) is 0 Å². The maximum atomic E-state index is 6.80. The van der Waals surface area contributed by atoms with Gasteiger partial charge in [-0.3, -0.25) is 5.32 Å². The van der Waals surface area contributed by atoms with Crippen molar-refractivity contribution in [2.75, 3.05) is 0 Å². The van der Waals surface area contributed by atoms with Gasteiger partial charge in [0.15, 0.2) is 0 Å². The Labute approximate surface area is 325 Å². The quantitative estimate of drug-likeness (QED) is 0.173. The lowest BCUT2D eigenvalue weighted by Gasteiger charge is -2.32. The fraction of sp³-hybridized carbons (Fsp3) is 0.0400. The van der Waals surface area contributed by atoms with E-state index in [4.69, 9.17) is 9.41 Å². The number of rotatable bonds is 5. The van der Waals surface area contributed by atoms with Crippen LogP contribution in [-0.4, -0.2) is 10.4 Å². The molecule has 6 heteroatoms. The zero-order valence-electron chi connectivity index (χ0n) is 30.0. The molecule has 5 nitrogen and oxygen atoms in total. The fourth-order valence-corrected chi connectivity index (χ4v) is 10.1. The summed E-state index contributed by atoms with van der Waals surface area (Å²) in [5.74, 6) is 0.862. The second kappa shape index (κ2) is 12.3. The number of nitrogens with zero attached hydrogens (tertiary/aromatic N) is 2. The van der Waals surface area contributed by atoms with Gasteiger partial charge in [-0.1, -0.05) is 115 Å². The van der Waals surface area contributed by atoms with Crippen LogP contribution in [0.5, 0.6) is 0 Å². The normalized spacial score (nSPS) is 16.8. The Morgan fingerprint density at radius 2 is 1.39 bits per heavy atom. The number of hydrogen-bond donors (Lipinski definition) is 2. The van der Waals surface area contributed by atoms with E-state index in [0.717, 1.165) is 50.2 Å². The number of amidine groups is 1. The summed E-state index contributed by atoms with van der Waals surface area (Å²) in [5.41, 5.74) is 14.1. The molecule has 7 aromatic carbocycles. The summed E-state index contributed by atoms with van der Waals surface area (Å²) in [7, 11) is 0. The molecule has 0 amide bonds. The van der Waals surface area contributed by atoms with E-state index >= 15 is 0 Å². The van der Waals surface area contributed by atoms with E-state index in [1.165, 1.54) is 53.1 Å². The maximum absolute atomic E-state index is 6.80. The molecule has 4 heterocycles. The zero-order chi connectivity index (χ0) is 36.7. The lowest BCUT2D eigenvalue weighted by atomic mass is 9.96. The minimum atomic E-state index is -0.200. The molecule has 0 saturated carbocycles. The second-order valence-electron chi connectivity index (χ2n) is 14.5. The molecule has 264 valence electrons. The summed E-state index contributed by atoms with van der Waals surface area (Å²) in [6.45, 7) is 0. The number of fused-ring (bicyclic) bond motifs is 9. The van der Waals surface area contributed by atoms with Gasteiger partial charge in [0.1, 0.15) is 29.3 Å². The molecule has 1 aliphatic carbocycles. The maximum Gasteiger partial charge on any atom is 0.143 e. The topological polar surface area (TPSA) is 54.5 Å². The average Bonchev–Trinajstić information content (AvgIpc) is 4.07. The summed E-state index contributed by atoms with van der Waals surface area (Å²) in [6.07, 6.45) is 5.63. The van der Waals surface area contributed by atoms with Crippen molar-refractivity contribution < 1.29 is 4.42 Å². The van der Waals surface area contributed by atoms with Crippen molar-refractivity contribution in [3.8, 4) is 16.8 Å². The van der Waals surface area contributed by atoms with Crippen LogP contribution in [0.25, 0.3) is 80.7 Å². The van der Waals surface area contributed by atoms with Gasteiger partial charge >= 0.3 is 0 Å². The Kier molecular flexibility index (Phi) is 6.89. The van der Waals surface area contributed by atoms with Gasteiger partial charge in [-0.25, -0.2) is 4.99 Å². The molecule has 2 unspecified atom stereocenters. The van der Waals surface area contributed by atoms with Crippen molar-refractivity contribution in [2.24, 2.45) is 4.99 Å². The SMILES string of the molecule is C1=CC=C(C2=NC(c3ccccc3)NC(c3cccc4c3sc3cccc(-c5cccc6c5oc5ccc(-n7c8ccccc8c8ccccc87)cc56)c34)N2)C=1. The predicted molar refractivity (Wildman–Crippen MR) is 233 cm³/mol. The number of thiophene rings is 1. The van der Waals surface area contributed by atoms with Crippen LogP contribution in [-0.2, 0) is 0 Å². The number of allylic oxidation sites excluding steroid dienone is 1. The number of benzene rings is 7.